The fraction of sp³-hybridized carbons (Fsp3) is 0.917. The van der Waals surface area contributed by atoms with E-state index in [1.54, 1.807) is 0 Å². The van der Waals surface area contributed by atoms with Crippen LogP contribution in [-0.4, -0.2) is 57.2 Å². The monoisotopic (exact) mass is 290 g/mol. The van der Waals surface area contributed by atoms with Crippen molar-refractivity contribution < 1.29 is 17.9 Å². The van der Waals surface area contributed by atoms with Crippen LogP contribution >= 0.6 is 0 Å². The van der Waals surface area contributed by atoms with Gasteiger partial charge < -0.3 is 10.1 Å². The highest BCUT2D eigenvalue weighted by Gasteiger charge is 2.30. The molecule has 1 aliphatic carbocycles. The van der Waals surface area contributed by atoms with Gasteiger partial charge in [0.05, 0.1) is 12.4 Å². The summed E-state index contributed by atoms with van der Waals surface area (Å²) in [5.41, 5.74) is 0. The number of hydrogen-bond acceptors (Lipinski definition) is 4. The number of amides is 1. The lowest BCUT2D eigenvalue weighted by Gasteiger charge is -2.23. The summed E-state index contributed by atoms with van der Waals surface area (Å²) in [5, 5.41) is 2.79. The van der Waals surface area contributed by atoms with Gasteiger partial charge in [0.15, 0.2) is 0 Å². The molecule has 1 atom stereocenters. The summed E-state index contributed by atoms with van der Waals surface area (Å²) in [6.07, 6.45) is 5.00. The van der Waals surface area contributed by atoms with Crippen LogP contribution in [0.1, 0.15) is 25.7 Å². The van der Waals surface area contributed by atoms with Crippen molar-refractivity contribution in [1.82, 2.24) is 9.62 Å². The average molecular weight is 290 g/mol. The summed E-state index contributed by atoms with van der Waals surface area (Å²) in [7, 11) is -3.25. The fourth-order valence-electron chi connectivity index (χ4n) is 2.20. The zero-order chi connectivity index (χ0) is 13.9. The van der Waals surface area contributed by atoms with Gasteiger partial charge in [0.2, 0.25) is 15.9 Å². The summed E-state index contributed by atoms with van der Waals surface area (Å²) in [6, 6.07) is 0. The Labute approximate surface area is 114 Å². The molecule has 0 spiro atoms. The Morgan fingerprint density at radius 3 is 2.63 bits per heavy atom. The number of carbonyl (C=O) groups is 1. The van der Waals surface area contributed by atoms with Crippen LogP contribution in [0.4, 0.5) is 0 Å². The molecule has 1 saturated heterocycles. The highest BCUT2D eigenvalue weighted by atomic mass is 32.2. The molecule has 1 amide bonds. The molecule has 110 valence electrons. The molecule has 7 heteroatoms. The molecule has 2 fully saturated rings. The van der Waals surface area contributed by atoms with Gasteiger partial charge in [-0.25, -0.2) is 8.42 Å². The number of nitrogens with one attached hydrogen (secondary N) is 1. The lowest BCUT2D eigenvalue weighted by Crippen LogP contribution is -2.42. The van der Waals surface area contributed by atoms with Crippen molar-refractivity contribution in [2.75, 3.05) is 32.5 Å². The summed E-state index contributed by atoms with van der Waals surface area (Å²) < 4.78 is 30.3. The van der Waals surface area contributed by atoms with Crippen molar-refractivity contribution in [3.8, 4) is 0 Å². The van der Waals surface area contributed by atoms with Gasteiger partial charge in [-0.3, -0.25) is 4.79 Å². The minimum atomic E-state index is -3.25. The van der Waals surface area contributed by atoms with Crippen LogP contribution < -0.4 is 5.32 Å². The molecule has 1 heterocycles. The van der Waals surface area contributed by atoms with Gasteiger partial charge in [0, 0.05) is 32.2 Å². The van der Waals surface area contributed by atoms with E-state index in [9.17, 15) is 13.2 Å². The largest absolute Gasteiger partial charge is 0.377 e. The first-order valence-corrected chi connectivity index (χ1v) is 8.66. The van der Waals surface area contributed by atoms with E-state index in [0.717, 1.165) is 25.7 Å². The van der Waals surface area contributed by atoms with Crippen molar-refractivity contribution in [2.45, 2.75) is 31.8 Å². The van der Waals surface area contributed by atoms with Crippen LogP contribution in [0.3, 0.4) is 0 Å². The second-order valence-corrected chi connectivity index (χ2v) is 7.30. The molecule has 19 heavy (non-hydrogen) atoms. The van der Waals surface area contributed by atoms with Crippen LogP contribution in [0.15, 0.2) is 0 Å². The van der Waals surface area contributed by atoms with Crippen molar-refractivity contribution in [2.24, 2.45) is 5.92 Å². The normalized spacial score (nSPS) is 23.8. The Hall–Kier alpha value is -0.660. The first kappa shape index (κ1) is 14.7. The lowest BCUT2D eigenvalue weighted by atomic mass is 10.2. The highest BCUT2D eigenvalue weighted by molar-refractivity contribution is 7.88. The molecule has 1 N–H and O–H groups in total. The molecular formula is C12H22N2O4S. The SMILES string of the molecule is CS(=O)(=O)N(CCNC(=O)C1CC1)CC1CCCO1. The van der Waals surface area contributed by atoms with E-state index in [4.69, 9.17) is 4.74 Å². The Kier molecular flexibility index (Phi) is 4.81. The summed E-state index contributed by atoms with van der Waals surface area (Å²) in [6.45, 7) is 1.78. The number of carbonyl (C=O) groups excluding carboxylic acids is 1. The molecule has 1 unspecified atom stereocenters. The molecule has 0 aromatic rings. The van der Waals surface area contributed by atoms with E-state index < -0.39 is 10.0 Å². The van der Waals surface area contributed by atoms with Crippen LogP contribution in [0.5, 0.6) is 0 Å². The second kappa shape index (κ2) is 6.19. The highest BCUT2D eigenvalue weighted by Crippen LogP contribution is 2.28. The van der Waals surface area contributed by atoms with E-state index in [-0.39, 0.29) is 17.9 Å². The first-order chi connectivity index (χ1) is 8.97. The molecule has 1 saturated carbocycles. The van der Waals surface area contributed by atoms with E-state index in [1.165, 1.54) is 10.6 Å². The van der Waals surface area contributed by atoms with E-state index in [0.29, 0.717) is 26.2 Å². The number of sulfonamides is 1. The third-order valence-corrected chi connectivity index (χ3v) is 4.78. The van der Waals surface area contributed by atoms with Gasteiger partial charge in [-0.05, 0) is 25.7 Å². The molecule has 6 nitrogen and oxygen atoms in total. The lowest BCUT2D eigenvalue weighted by molar-refractivity contribution is -0.122. The van der Waals surface area contributed by atoms with Crippen LogP contribution in [-0.2, 0) is 19.6 Å². The Balaban J connectivity index is 1.77. The van der Waals surface area contributed by atoms with E-state index in [1.807, 2.05) is 0 Å². The zero-order valence-corrected chi connectivity index (χ0v) is 12.1. The maximum Gasteiger partial charge on any atom is 0.223 e. The molecule has 0 radical (unpaired) electrons. The number of hydrogen-bond donors (Lipinski definition) is 1. The van der Waals surface area contributed by atoms with E-state index >= 15 is 0 Å². The molecular weight excluding hydrogens is 268 g/mol. The maximum atomic E-state index is 11.7. The van der Waals surface area contributed by atoms with Crippen molar-refractivity contribution in [3.63, 3.8) is 0 Å². The molecule has 1 aliphatic heterocycles. The average Bonchev–Trinajstić information content (AvgIpc) is 3.05. The molecule has 0 aromatic heterocycles. The smallest absolute Gasteiger partial charge is 0.223 e. The summed E-state index contributed by atoms with van der Waals surface area (Å²) in [5.74, 6) is 0.204. The van der Waals surface area contributed by atoms with Crippen LogP contribution in [0, 0.1) is 5.92 Å². The fourth-order valence-corrected chi connectivity index (χ4v) is 3.06. The summed E-state index contributed by atoms with van der Waals surface area (Å²) >= 11 is 0. The van der Waals surface area contributed by atoms with Gasteiger partial charge in [-0.1, -0.05) is 0 Å². The Bertz CT molecular complexity index is 413. The third kappa shape index (κ3) is 4.74. The van der Waals surface area contributed by atoms with E-state index in [2.05, 4.69) is 5.32 Å². The quantitative estimate of drug-likeness (QED) is 0.713. The molecule has 0 bridgehead atoms. The molecule has 2 aliphatic rings. The molecule has 2 rings (SSSR count). The maximum absolute atomic E-state index is 11.7. The number of rotatable bonds is 7. The Morgan fingerprint density at radius 1 is 1.37 bits per heavy atom. The van der Waals surface area contributed by atoms with Crippen LogP contribution in [0.2, 0.25) is 0 Å². The van der Waals surface area contributed by atoms with Crippen molar-refractivity contribution in [1.29, 1.82) is 0 Å². The minimum absolute atomic E-state index is 0.00569. The van der Waals surface area contributed by atoms with Gasteiger partial charge >= 0.3 is 0 Å². The van der Waals surface area contributed by atoms with Crippen molar-refractivity contribution in [3.05, 3.63) is 0 Å². The number of nitrogens with zero attached hydrogens (tertiary/aromatic N) is 1. The topological polar surface area (TPSA) is 75.7 Å². The Morgan fingerprint density at radius 2 is 2.11 bits per heavy atom. The second-order valence-electron chi connectivity index (χ2n) is 5.32. The van der Waals surface area contributed by atoms with Crippen molar-refractivity contribution >= 4 is 15.9 Å². The number of ether oxygens (including phenoxy) is 1. The minimum Gasteiger partial charge on any atom is -0.377 e. The van der Waals surface area contributed by atoms with Gasteiger partial charge in [0.1, 0.15) is 0 Å². The summed E-state index contributed by atoms with van der Waals surface area (Å²) in [4.78, 5) is 11.5. The van der Waals surface area contributed by atoms with Crippen LogP contribution in [0.25, 0.3) is 0 Å². The zero-order valence-electron chi connectivity index (χ0n) is 11.3. The predicted octanol–water partition coefficient (Wildman–Crippen LogP) is -0.0468. The van der Waals surface area contributed by atoms with Gasteiger partial charge in [-0.15, -0.1) is 0 Å². The molecule has 0 aromatic carbocycles. The third-order valence-electron chi connectivity index (χ3n) is 3.51. The predicted molar refractivity (Wildman–Crippen MR) is 71.1 cm³/mol. The standard InChI is InChI=1S/C12H22N2O4S/c1-19(16,17)14(9-11-3-2-8-18-11)7-6-13-12(15)10-4-5-10/h10-11H,2-9H2,1H3,(H,13,15). The van der Waals surface area contributed by atoms with Gasteiger partial charge in [-0.2, -0.15) is 4.31 Å². The first-order valence-electron chi connectivity index (χ1n) is 6.81. The van der Waals surface area contributed by atoms with Gasteiger partial charge in [0.25, 0.3) is 0 Å².